The number of halogens is 3. The molecule has 2 aromatic carbocycles. The normalized spacial score (nSPS) is 18.5. The second kappa shape index (κ2) is 6.31. The lowest BCUT2D eigenvalue weighted by Gasteiger charge is -2.25. The topological polar surface area (TPSA) is 63.7 Å². The molecule has 1 aliphatic heterocycles. The van der Waals surface area contributed by atoms with Crippen LogP contribution in [0.2, 0.25) is 0 Å². The maximum atomic E-state index is 13.1. The number of hydrogen-bond acceptors (Lipinski definition) is 4. The fourth-order valence-corrected chi connectivity index (χ4v) is 4.81. The van der Waals surface area contributed by atoms with E-state index in [1.54, 1.807) is 18.2 Å². The molecule has 0 bridgehead atoms. The second-order valence-corrected chi connectivity index (χ2v) is 7.47. The van der Waals surface area contributed by atoms with Gasteiger partial charge in [0.2, 0.25) is 0 Å². The highest BCUT2D eigenvalue weighted by Crippen LogP contribution is 2.46. The van der Waals surface area contributed by atoms with E-state index in [1.807, 2.05) is 0 Å². The van der Waals surface area contributed by atoms with Gasteiger partial charge in [0.1, 0.15) is 0 Å². The third kappa shape index (κ3) is 3.03. The number of hydrogen-bond donors (Lipinski definition) is 0. The predicted octanol–water partition coefficient (Wildman–Crippen LogP) is 3.52. The molecule has 1 aliphatic rings. The van der Waals surface area contributed by atoms with E-state index in [1.165, 1.54) is 12.1 Å². The number of methoxy groups -OCH3 is 1. The molecule has 0 fully saturated rings. The summed E-state index contributed by atoms with van der Waals surface area (Å²) in [7, 11) is -2.98. The summed E-state index contributed by atoms with van der Waals surface area (Å²) in [5.41, 5.74) is -0.795. The summed E-state index contributed by atoms with van der Waals surface area (Å²) in [6.45, 7) is 0. The van der Waals surface area contributed by atoms with Crippen LogP contribution in [0, 0.1) is 0 Å². The Morgan fingerprint density at radius 2 is 1.81 bits per heavy atom. The smallest absolute Gasteiger partial charge is 0.416 e. The van der Waals surface area contributed by atoms with Crippen LogP contribution >= 0.6 is 0 Å². The molecule has 0 N–H and O–H groups in total. The molecule has 0 saturated carbocycles. The zero-order valence-electron chi connectivity index (χ0n) is 13.5. The minimum atomic E-state index is -4.63. The lowest BCUT2D eigenvalue weighted by atomic mass is 10.0. The number of ether oxygens (including phenoxy) is 1. The van der Waals surface area contributed by atoms with E-state index in [-0.39, 0.29) is 16.1 Å². The third-order valence-electron chi connectivity index (χ3n) is 4.11. The van der Waals surface area contributed by atoms with Gasteiger partial charge in [0.15, 0.2) is 0 Å². The van der Waals surface area contributed by atoms with E-state index in [0.717, 1.165) is 29.6 Å². The fraction of sp³-hybridized carbons (Fsp3) is 0.235. The zero-order chi connectivity index (χ0) is 19.1. The fourth-order valence-electron chi connectivity index (χ4n) is 2.95. The number of benzene rings is 2. The van der Waals surface area contributed by atoms with Gasteiger partial charge in [-0.1, -0.05) is 18.2 Å². The van der Waals surface area contributed by atoms with Crippen molar-refractivity contribution in [3.05, 3.63) is 59.7 Å². The average Bonchev–Trinajstić information content (AvgIpc) is 2.81. The van der Waals surface area contributed by atoms with Gasteiger partial charge in [-0.05, 0) is 35.9 Å². The van der Waals surface area contributed by atoms with Gasteiger partial charge in [0.05, 0.1) is 35.7 Å². The van der Waals surface area contributed by atoms with Crippen LogP contribution < -0.4 is 4.31 Å². The summed E-state index contributed by atoms with van der Waals surface area (Å²) in [4.78, 5) is 11.5. The van der Waals surface area contributed by atoms with Gasteiger partial charge in [0.25, 0.3) is 10.0 Å². The Balaban J connectivity index is 2.21. The molecule has 9 heteroatoms. The van der Waals surface area contributed by atoms with Gasteiger partial charge in [-0.25, -0.2) is 8.42 Å². The quantitative estimate of drug-likeness (QED) is 0.759. The van der Waals surface area contributed by atoms with Crippen LogP contribution in [-0.4, -0.2) is 21.5 Å². The van der Waals surface area contributed by atoms with Gasteiger partial charge in [-0.2, -0.15) is 13.2 Å². The van der Waals surface area contributed by atoms with Crippen LogP contribution in [0.5, 0.6) is 0 Å². The number of fused-ring (bicyclic) bond motifs is 1. The number of anilines is 1. The highest BCUT2D eigenvalue weighted by Gasteiger charge is 2.45. The first kappa shape index (κ1) is 18.2. The number of carbonyl (C=O) groups is 1. The lowest BCUT2D eigenvalue weighted by Crippen LogP contribution is -2.29. The van der Waals surface area contributed by atoms with Crippen molar-refractivity contribution in [1.29, 1.82) is 0 Å². The summed E-state index contributed by atoms with van der Waals surface area (Å²) in [5.74, 6) is -0.726. The highest BCUT2D eigenvalue weighted by atomic mass is 32.2. The zero-order valence-corrected chi connectivity index (χ0v) is 14.3. The second-order valence-electron chi connectivity index (χ2n) is 5.68. The van der Waals surface area contributed by atoms with Crippen molar-refractivity contribution >= 4 is 21.7 Å². The van der Waals surface area contributed by atoms with Gasteiger partial charge >= 0.3 is 12.1 Å². The number of nitrogens with zero attached hydrogens (tertiary/aromatic N) is 1. The summed E-state index contributed by atoms with van der Waals surface area (Å²) in [6.07, 6.45) is -5.03. The number of sulfonamides is 1. The van der Waals surface area contributed by atoms with Gasteiger partial charge in [0, 0.05) is 0 Å². The summed E-state index contributed by atoms with van der Waals surface area (Å²) in [6, 6.07) is 9.22. The molecule has 0 unspecified atom stereocenters. The SMILES string of the molecule is COC(=O)C[C@H]1c2cc(C(F)(F)F)ccc2S(=O)(=O)N1c1ccccc1. The van der Waals surface area contributed by atoms with Crippen molar-refractivity contribution in [1.82, 2.24) is 0 Å². The summed E-state index contributed by atoms with van der Waals surface area (Å²) < 4.78 is 70.6. The van der Waals surface area contributed by atoms with Crippen LogP contribution in [0.1, 0.15) is 23.6 Å². The average molecular weight is 385 g/mol. The number of alkyl halides is 3. The van der Waals surface area contributed by atoms with E-state index in [2.05, 4.69) is 4.74 Å². The molecule has 0 radical (unpaired) electrons. The number of esters is 1. The molecule has 0 spiro atoms. The van der Waals surface area contributed by atoms with E-state index < -0.39 is 40.2 Å². The van der Waals surface area contributed by atoms with Crippen LogP contribution in [0.3, 0.4) is 0 Å². The van der Waals surface area contributed by atoms with E-state index in [9.17, 15) is 26.4 Å². The van der Waals surface area contributed by atoms with Crippen LogP contribution in [0.25, 0.3) is 0 Å². The maximum Gasteiger partial charge on any atom is 0.416 e. The first-order valence-corrected chi connectivity index (χ1v) is 8.97. The first-order chi connectivity index (χ1) is 12.2. The molecule has 0 aliphatic carbocycles. The van der Waals surface area contributed by atoms with Crippen LogP contribution in [-0.2, 0) is 25.7 Å². The largest absolute Gasteiger partial charge is 0.469 e. The molecule has 2 aromatic rings. The van der Waals surface area contributed by atoms with Gasteiger partial charge in [-0.3, -0.25) is 9.10 Å². The van der Waals surface area contributed by atoms with Crippen molar-refractivity contribution in [2.45, 2.75) is 23.5 Å². The number of rotatable bonds is 3. The van der Waals surface area contributed by atoms with Crippen LogP contribution in [0.15, 0.2) is 53.4 Å². The van der Waals surface area contributed by atoms with Crippen LogP contribution in [0.4, 0.5) is 18.9 Å². The van der Waals surface area contributed by atoms with Gasteiger partial charge < -0.3 is 4.74 Å². The van der Waals surface area contributed by atoms with Crippen molar-refractivity contribution in [2.75, 3.05) is 11.4 Å². The molecular formula is C17H14F3NO4S. The molecule has 1 atom stereocenters. The van der Waals surface area contributed by atoms with Crippen molar-refractivity contribution in [2.24, 2.45) is 0 Å². The molecule has 0 saturated heterocycles. The molecular weight excluding hydrogens is 371 g/mol. The predicted molar refractivity (Wildman–Crippen MR) is 86.9 cm³/mol. The molecule has 3 rings (SSSR count). The number of carbonyl (C=O) groups excluding carboxylic acids is 1. The van der Waals surface area contributed by atoms with Gasteiger partial charge in [-0.15, -0.1) is 0 Å². The Hall–Kier alpha value is -2.55. The Morgan fingerprint density at radius 1 is 1.15 bits per heavy atom. The van der Waals surface area contributed by atoms with E-state index in [4.69, 9.17) is 0 Å². The van der Waals surface area contributed by atoms with Crippen molar-refractivity contribution in [3.63, 3.8) is 0 Å². The lowest BCUT2D eigenvalue weighted by molar-refractivity contribution is -0.141. The monoisotopic (exact) mass is 385 g/mol. The first-order valence-electron chi connectivity index (χ1n) is 7.53. The molecule has 26 heavy (non-hydrogen) atoms. The molecule has 5 nitrogen and oxygen atoms in total. The summed E-state index contributed by atoms with van der Waals surface area (Å²) in [5, 5.41) is 0. The Kier molecular flexibility index (Phi) is 4.43. The summed E-state index contributed by atoms with van der Waals surface area (Å²) >= 11 is 0. The van der Waals surface area contributed by atoms with E-state index >= 15 is 0 Å². The Labute approximate surface area is 148 Å². The molecule has 0 amide bonds. The third-order valence-corrected chi connectivity index (χ3v) is 6.03. The molecule has 0 aromatic heterocycles. The minimum Gasteiger partial charge on any atom is -0.469 e. The number of para-hydroxylation sites is 1. The Bertz CT molecular complexity index is 942. The van der Waals surface area contributed by atoms with Crippen molar-refractivity contribution in [3.8, 4) is 0 Å². The minimum absolute atomic E-state index is 0.0749. The highest BCUT2D eigenvalue weighted by molar-refractivity contribution is 7.93. The standard InChI is InChI=1S/C17H14F3NO4S/c1-25-16(22)10-14-13-9-11(17(18,19)20)7-8-15(13)26(23,24)21(14)12-5-3-2-4-6-12/h2-9,14H,10H2,1H3/t14-/m0/s1. The Morgan fingerprint density at radius 3 is 2.38 bits per heavy atom. The van der Waals surface area contributed by atoms with Crippen molar-refractivity contribution < 1.29 is 31.1 Å². The molecule has 138 valence electrons. The molecule has 1 heterocycles. The van der Waals surface area contributed by atoms with E-state index in [0.29, 0.717) is 0 Å². The maximum absolute atomic E-state index is 13.1.